The van der Waals surface area contributed by atoms with Crippen molar-refractivity contribution >= 4 is 6.58 Å². The molecule has 0 aliphatic heterocycles. The number of allylic oxidation sites excluding steroid dienone is 5. The van der Waals surface area contributed by atoms with Gasteiger partial charge in [-0.2, -0.15) is 0 Å². The van der Waals surface area contributed by atoms with Crippen molar-refractivity contribution in [1.29, 1.82) is 0 Å². The van der Waals surface area contributed by atoms with E-state index in [2.05, 4.69) is 139 Å². The average molecular weight is 750 g/mol. The zero-order valence-electron chi connectivity index (χ0n) is 25.5. The minimum atomic E-state index is -2.74. The first-order valence-electron chi connectivity index (χ1n) is 14.6. The van der Waals surface area contributed by atoms with Crippen molar-refractivity contribution in [2.45, 2.75) is 81.7 Å². The van der Waals surface area contributed by atoms with Crippen LogP contribution in [0.25, 0.3) is 11.1 Å². The van der Waals surface area contributed by atoms with Crippen LogP contribution in [0.2, 0.25) is 3.67 Å². The van der Waals surface area contributed by atoms with Crippen LogP contribution in [0.4, 0.5) is 0 Å². The van der Waals surface area contributed by atoms with Crippen LogP contribution in [-0.2, 0) is 38.2 Å². The number of hydrogen-bond donors (Lipinski definition) is 0. The summed E-state index contributed by atoms with van der Waals surface area (Å²) in [6.07, 6.45) is 16.2. The fraction of sp³-hybridized carbons (Fsp3) is 0.342. The molecular formula is C38H44Cl2Hf. The van der Waals surface area contributed by atoms with Gasteiger partial charge in [0.2, 0.25) is 0 Å². The van der Waals surface area contributed by atoms with Gasteiger partial charge in [-0.05, 0) is 0 Å². The van der Waals surface area contributed by atoms with Crippen LogP contribution in [0.1, 0.15) is 88.6 Å². The van der Waals surface area contributed by atoms with Gasteiger partial charge in [0.05, 0.1) is 0 Å². The summed E-state index contributed by atoms with van der Waals surface area (Å²) in [5.41, 5.74) is 10.8. The summed E-state index contributed by atoms with van der Waals surface area (Å²) in [7, 11) is 0. The Balaban J connectivity index is 0.00000231. The summed E-state index contributed by atoms with van der Waals surface area (Å²) in [5, 5.41) is 0. The van der Waals surface area contributed by atoms with Gasteiger partial charge in [-0.3, -0.25) is 0 Å². The summed E-state index contributed by atoms with van der Waals surface area (Å²) < 4.78 is 4.11. The summed E-state index contributed by atoms with van der Waals surface area (Å²) in [5.74, 6) is 0. The molecule has 0 atom stereocenters. The molecule has 0 aromatic heterocycles. The standard InChI is InChI=1S/C21H25.C12H14.C5H5.2ClH.Hf/c1-20(2,3)16-7-9-18-14(12-16)11-15-13-17(21(4,5)6)8-10-19(15)18;1-2-3-4-6-9-12-10-7-5-8-11-12;1-2-4-5-3-1;;;/h7-10,12H,11H2,1-6H3;2,5,7-8,10-11H,1,3-4,6H2;1-5H;2*1H;/q;;;;;+2/p-2. The number of rotatable bonds is 7. The molecule has 3 aromatic rings. The van der Waals surface area contributed by atoms with Gasteiger partial charge in [0.15, 0.2) is 0 Å². The molecule has 41 heavy (non-hydrogen) atoms. The number of hydrogen-bond acceptors (Lipinski definition) is 0. The van der Waals surface area contributed by atoms with Gasteiger partial charge in [-0.15, -0.1) is 0 Å². The summed E-state index contributed by atoms with van der Waals surface area (Å²) in [4.78, 5) is 0. The van der Waals surface area contributed by atoms with E-state index in [9.17, 15) is 0 Å². The predicted octanol–water partition coefficient (Wildman–Crippen LogP) is 3.60. The van der Waals surface area contributed by atoms with Crippen LogP contribution < -0.4 is 28.1 Å². The Bertz CT molecular complexity index is 1470. The monoisotopic (exact) mass is 750 g/mol. The van der Waals surface area contributed by atoms with Gasteiger partial charge >= 0.3 is 246 Å². The Morgan fingerprint density at radius 3 is 2.12 bits per heavy atom. The first kappa shape index (κ1) is 33.7. The van der Waals surface area contributed by atoms with Crippen LogP contribution in [0.3, 0.4) is 0 Å². The Labute approximate surface area is 268 Å². The van der Waals surface area contributed by atoms with Crippen molar-refractivity contribution in [3.8, 4) is 11.1 Å². The molecule has 0 unspecified atom stereocenters. The van der Waals surface area contributed by atoms with Crippen molar-refractivity contribution in [1.82, 2.24) is 0 Å². The van der Waals surface area contributed by atoms with E-state index in [-0.39, 0.29) is 35.6 Å². The molecule has 0 fully saturated rings. The van der Waals surface area contributed by atoms with E-state index in [1.807, 2.05) is 0 Å². The van der Waals surface area contributed by atoms with Gasteiger partial charge in [0.1, 0.15) is 0 Å². The topological polar surface area (TPSA) is 0 Å². The largest absolute Gasteiger partial charge is 1.00 e. The Morgan fingerprint density at radius 2 is 1.51 bits per heavy atom. The number of benzene rings is 3. The van der Waals surface area contributed by atoms with Crippen molar-refractivity contribution in [2.24, 2.45) is 0 Å². The van der Waals surface area contributed by atoms with E-state index in [1.54, 1.807) is 17.7 Å². The second kappa shape index (κ2) is 13.7. The van der Waals surface area contributed by atoms with Gasteiger partial charge < -0.3 is 24.8 Å². The quantitative estimate of drug-likeness (QED) is 0.154. The summed E-state index contributed by atoms with van der Waals surface area (Å²) in [6.45, 7) is 18.3. The van der Waals surface area contributed by atoms with Gasteiger partial charge in [0, 0.05) is 0 Å². The third-order valence-corrected chi connectivity index (χ3v) is 20.4. The molecule has 0 N–H and O–H groups in total. The predicted molar refractivity (Wildman–Crippen MR) is 168 cm³/mol. The van der Waals surface area contributed by atoms with E-state index >= 15 is 0 Å². The van der Waals surface area contributed by atoms with Crippen molar-refractivity contribution in [3.05, 3.63) is 125 Å². The molecule has 214 valence electrons. The van der Waals surface area contributed by atoms with Crippen LogP contribution in [0.15, 0.2) is 97.6 Å². The second-order valence-electron chi connectivity index (χ2n) is 13.3. The van der Waals surface area contributed by atoms with Crippen molar-refractivity contribution in [3.63, 3.8) is 0 Å². The van der Waals surface area contributed by atoms with Crippen molar-refractivity contribution in [2.75, 3.05) is 0 Å². The zero-order valence-corrected chi connectivity index (χ0v) is 30.6. The number of unbranched alkanes of at least 4 members (excludes halogenated alkanes) is 1. The molecule has 3 heteroatoms. The van der Waals surface area contributed by atoms with Crippen LogP contribution in [0.5, 0.6) is 0 Å². The van der Waals surface area contributed by atoms with Crippen LogP contribution in [0, 0.1) is 0 Å². The molecule has 0 radical (unpaired) electrons. The first-order valence-corrected chi connectivity index (χ1v) is 20.3. The number of halogens is 2. The molecule has 0 saturated carbocycles. The minimum Gasteiger partial charge on any atom is -1.00 e. The molecule has 2 aliphatic carbocycles. The Hall–Kier alpha value is -1.80. The minimum absolute atomic E-state index is 0. The van der Waals surface area contributed by atoms with Gasteiger partial charge in [-0.1, -0.05) is 0 Å². The van der Waals surface area contributed by atoms with E-state index < -0.39 is 21.0 Å². The average Bonchev–Trinajstić information content (AvgIpc) is 3.55. The van der Waals surface area contributed by atoms with Gasteiger partial charge in [0.25, 0.3) is 0 Å². The fourth-order valence-electron chi connectivity index (χ4n) is 6.32. The van der Waals surface area contributed by atoms with Gasteiger partial charge in [-0.25, -0.2) is 0 Å². The Kier molecular flexibility index (Phi) is 11.2. The molecular weight excluding hydrogens is 706 g/mol. The molecule has 0 nitrogen and oxygen atoms in total. The molecule has 0 saturated heterocycles. The third kappa shape index (κ3) is 7.06. The van der Waals surface area contributed by atoms with Crippen LogP contribution in [-0.4, -0.2) is 3.26 Å². The Morgan fingerprint density at radius 1 is 0.854 bits per heavy atom. The second-order valence-corrected chi connectivity index (χ2v) is 22.6. The third-order valence-electron chi connectivity index (χ3n) is 8.38. The molecule has 0 bridgehead atoms. The first-order chi connectivity index (χ1) is 18.6. The maximum atomic E-state index is 4.04. The normalized spacial score (nSPS) is 14.1. The maximum Gasteiger partial charge on any atom is -1.00 e. The number of fused-ring (bicyclic) bond motifs is 3. The SMILES string of the molecule is C=CCCC[C](c1ccccc1)=[Hf+2]([c]1c(C(C)(C)C)ccc2c1Cc1cc(C(C)(C)C)ccc1-2)[CH]1C=CC=C1.[Cl-].[Cl-]. The molecule has 3 aromatic carbocycles. The summed E-state index contributed by atoms with van der Waals surface area (Å²) >= 11 is -2.74. The van der Waals surface area contributed by atoms with E-state index in [1.165, 1.54) is 40.7 Å². The maximum absolute atomic E-state index is 4.04. The van der Waals surface area contributed by atoms with Crippen LogP contribution >= 0.6 is 0 Å². The molecule has 0 amide bonds. The summed E-state index contributed by atoms with van der Waals surface area (Å²) in [6, 6.07) is 23.6. The molecule has 0 heterocycles. The van der Waals surface area contributed by atoms with Crippen molar-refractivity contribution < 1.29 is 45.8 Å². The molecule has 0 spiro atoms. The van der Waals surface area contributed by atoms with E-state index in [4.69, 9.17) is 0 Å². The zero-order chi connectivity index (χ0) is 27.8. The van der Waals surface area contributed by atoms with E-state index in [0.29, 0.717) is 3.67 Å². The molecule has 5 rings (SSSR count). The fourth-order valence-corrected chi connectivity index (χ4v) is 20.2. The molecule has 2 aliphatic rings. The smallest absolute Gasteiger partial charge is 1.00 e. The van der Waals surface area contributed by atoms with E-state index in [0.717, 1.165) is 12.8 Å².